The summed E-state index contributed by atoms with van der Waals surface area (Å²) in [5.74, 6) is -1.39. The van der Waals surface area contributed by atoms with Crippen molar-refractivity contribution in [1.82, 2.24) is 19.7 Å². The SMILES string of the molecule is CC(C)n1ncc2c(C(=O)OCC(=O)N(C)Cc3cccc(F)c3)cc(-c3cccs3)nc21. The first-order chi connectivity index (χ1) is 15.8. The molecule has 0 fully saturated rings. The lowest BCUT2D eigenvalue weighted by Crippen LogP contribution is -2.30. The maximum absolute atomic E-state index is 13.4. The van der Waals surface area contributed by atoms with Gasteiger partial charge in [-0.15, -0.1) is 11.3 Å². The maximum Gasteiger partial charge on any atom is 0.339 e. The fraction of sp³-hybridized carbons (Fsp3) is 0.250. The quantitative estimate of drug-likeness (QED) is 0.369. The Morgan fingerprint density at radius 3 is 2.73 bits per heavy atom. The van der Waals surface area contributed by atoms with E-state index in [-0.39, 0.29) is 18.4 Å². The van der Waals surface area contributed by atoms with Crippen LogP contribution in [0.15, 0.2) is 54.0 Å². The number of benzene rings is 1. The molecule has 1 aromatic carbocycles. The fourth-order valence-electron chi connectivity index (χ4n) is 3.43. The van der Waals surface area contributed by atoms with Crippen LogP contribution in [0.5, 0.6) is 0 Å². The van der Waals surface area contributed by atoms with Crippen LogP contribution in [-0.2, 0) is 16.1 Å². The summed E-state index contributed by atoms with van der Waals surface area (Å²) in [6.45, 7) is 3.74. The van der Waals surface area contributed by atoms with Gasteiger partial charge in [0.05, 0.1) is 27.7 Å². The highest BCUT2D eigenvalue weighted by molar-refractivity contribution is 7.13. The summed E-state index contributed by atoms with van der Waals surface area (Å²) in [6, 6.07) is 11.6. The number of halogens is 1. The number of esters is 1. The lowest BCUT2D eigenvalue weighted by Gasteiger charge is -2.17. The van der Waals surface area contributed by atoms with Crippen LogP contribution in [0, 0.1) is 5.82 Å². The molecule has 0 aliphatic carbocycles. The second-order valence-corrected chi connectivity index (χ2v) is 8.86. The van der Waals surface area contributed by atoms with Crippen molar-refractivity contribution in [3.8, 4) is 10.6 Å². The smallest absolute Gasteiger partial charge is 0.339 e. The number of nitrogens with zero attached hydrogens (tertiary/aromatic N) is 4. The Morgan fingerprint density at radius 2 is 2.03 bits per heavy atom. The molecule has 170 valence electrons. The first-order valence-electron chi connectivity index (χ1n) is 10.4. The number of ether oxygens (including phenoxy) is 1. The van der Waals surface area contributed by atoms with E-state index in [0.717, 1.165) is 4.88 Å². The van der Waals surface area contributed by atoms with Crippen molar-refractivity contribution in [3.63, 3.8) is 0 Å². The van der Waals surface area contributed by atoms with Crippen LogP contribution in [0.25, 0.3) is 21.6 Å². The molecule has 0 spiro atoms. The topological polar surface area (TPSA) is 77.3 Å². The molecule has 0 bridgehead atoms. The molecule has 0 unspecified atom stereocenters. The Bertz CT molecular complexity index is 1300. The van der Waals surface area contributed by atoms with E-state index in [1.54, 1.807) is 36.1 Å². The molecule has 3 heterocycles. The van der Waals surface area contributed by atoms with Gasteiger partial charge in [-0.2, -0.15) is 5.10 Å². The van der Waals surface area contributed by atoms with Crippen LogP contribution in [0.4, 0.5) is 4.39 Å². The minimum absolute atomic E-state index is 0.0514. The van der Waals surface area contributed by atoms with Crippen LogP contribution >= 0.6 is 11.3 Å². The highest BCUT2D eigenvalue weighted by Gasteiger charge is 2.21. The van der Waals surface area contributed by atoms with Gasteiger partial charge in [0.25, 0.3) is 5.91 Å². The van der Waals surface area contributed by atoms with E-state index >= 15 is 0 Å². The number of likely N-dealkylation sites (N-methyl/N-ethyl adjacent to an activating group) is 1. The van der Waals surface area contributed by atoms with Crippen molar-refractivity contribution in [2.75, 3.05) is 13.7 Å². The minimum Gasteiger partial charge on any atom is -0.452 e. The predicted molar refractivity (Wildman–Crippen MR) is 124 cm³/mol. The zero-order valence-corrected chi connectivity index (χ0v) is 19.3. The van der Waals surface area contributed by atoms with Crippen molar-refractivity contribution in [1.29, 1.82) is 0 Å². The zero-order chi connectivity index (χ0) is 23.5. The Morgan fingerprint density at radius 1 is 1.21 bits per heavy atom. The molecule has 0 saturated heterocycles. The van der Waals surface area contributed by atoms with Crippen molar-refractivity contribution in [2.45, 2.75) is 26.4 Å². The van der Waals surface area contributed by atoms with Crippen LogP contribution in [-0.4, -0.2) is 45.2 Å². The van der Waals surface area contributed by atoms with E-state index in [2.05, 4.69) is 5.10 Å². The van der Waals surface area contributed by atoms with E-state index < -0.39 is 18.5 Å². The summed E-state index contributed by atoms with van der Waals surface area (Å²) in [7, 11) is 1.58. The third-order valence-corrected chi connectivity index (χ3v) is 6.00. The summed E-state index contributed by atoms with van der Waals surface area (Å²) in [5, 5.41) is 6.88. The van der Waals surface area contributed by atoms with Crippen LogP contribution < -0.4 is 0 Å². The molecule has 7 nitrogen and oxygen atoms in total. The molecule has 9 heteroatoms. The number of carbonyl (C=O) groups is 2. The molecule has 1 amide bonds. The number of thiophene rings is 1. The molecular weight excluding hydrogens is 443 g/mol. The fourth-order valence-corrected chi connectivity index (χ4v) is 4.11. The van der Waals surface area contributed by atoms with Gasteiger partial charge >= 0.3 is 5.97 Å². The molecule has 4 aromatic rings. The lowest BCUT2D eigenvalue weighted by molar-refractivity contribution is -0.133. The zero-order valence-electron chi connectivity index (χ0n) is 18.5. The maximum atomic E-state index is 13.4. The molecule has 0 radical (unpaired) electrons. The van der Waals surface area contributed by atoms with Gasteiger partial charge in [-0.3, -0.25) is 4.79 Å². The highest BCUT2D eigenvalue weighted by Crippen LogP contribution is 2.29. The van der Waals surface area contributed by atoms with Gasteiger partial charge in [0.15, 0.2) is 12.3 Å². The van der Waals surface area contributed by atoms with Gasteiger partial charge in [0.2, 0.25) is 0 Å². The number of rotatable bonds is 7. The van der Waals surface area contributed by atoms with Crippen LogP contribution in [0.3, 0.4) is 0 Å². The molecular formula is C24H23FN4O3S. The second kappa shape index (κ2) is 9.50. The summed E-state index contributed by atoms with van der Waals surface area (Å²) >= 11 is 1.51. The first kappa shape index (κ1) is 22.6. The minimum atomic E-state index is -0.629. The highest BCUT2D eigenvalue weighted by atomic mass is 32.1. The monoisotopic (exact) mass is 466 g/mol. The Kier molecular flexibility index (Phi) is 6.50. The number of hydrogen-bond acceptors (Lipinski definition) is 6. The standard InChI is InChI=1S/C24H23FN4O3S/c1-15(2)29-23-19(12-26-29)18(11-20(27-23)21-8-5-9-33-21)24(31)32-14-22(30)28(3)13-16-6-4-7-17(25)10-16/h4-12,15H,13-14H2,1-3H3. The third-order valence-electron chi connectivity index (χ3n) is 5.11. The van der Waals surface area contributed by atoms with Gasteiger partial charge in [0, 0.05) is 19.6 Å². The molecule has 33 heavy (non-hydrogen) atoms. The Hall–Kier alpha value is -3.59. The van der Waals surface area contributed by atoms with E-state index in [1.165, 1.54) is 28.4 Å². The van der Waals surface area contributed by atoms with Gasteiger partial charge < -0.3 is 9.64 Å². The molecule has 0 saturated carbocycles. The van der Waals surface area contributed by atoms with E-state index in [4.69, 9.17) is 9.72 Å². The van der Waals surface area contributed by atoms with Gasteiger partial charge in [0.1, 0.15) is 5.82 Å². The number of amides is 1. The first-order valence-corrected chi connectivity index (χ1v) is 11.3. The Labute approximate surface area is 194 Å². The molecule has 0 atom stereocenters. The summed E-state index contributed by atoms with van der Waals surface area (Å²) in [6.07, 6.45) is 1.59. The van der Waals surface area contributed by atoms with Crippen molar-refractivity contribution < 1.29 is 18.7 Å². The van der Waals surface area contributed by atoms with Gasteiger partial charge in [-0.25, -0.2) is 18.9 Å². The number of fused-ring (bicyclic) bond motifs is 1. The summed E-state index contributed by atoms with van der Waals surface area (Å²) in [4.78, 5) is 32.5. The number of hydrogen-bond donors (Lipinski definition) is 0. The largest absolute Gasteiger partial charge is 0.452 e. The van der Waals surface area contributed by atoms with Crippen molar-refractivity contribution >= 4 is 34.2 Å². The van der Waals surface area contributed by atoms with Gasteiger partial charge in [-0.1, -0.05) is 18.2 Å². The van der Waals surface area contributed by atoms with E-state index in [1.807, 2.05) is 31.4 Å². The average Bonchev–Trinajstić information content (AvgIpc) is 3.46. The normalized spacial score (nSPS) is 11.2. The lowest BCUT2D eigenvalue weighted by atomic mass is 10.1. The number of pyridine rings is 1. The summed E-state index contributed by atoms with van der Waals surface area (Å²) in [5.41, 5.74) is 2.17. The van der Waals surface area contributed by atoms with E-state index in [0.29, 0.717) is 27.9 Å². The second-order valence-electron chi connectivity index (χ2n) is 7.91. The number of aromatic nitrogens is 3. The Balaban J connectivity index is 1.54. The molecule has 0 aliphatic heterocycles. The molecule has 4 rings (SSSR count). The average molecular weight is 467 g/mol. The van der Waals surface area contributed by atoms with Crippen molar-refractivity contribution in [2.24, 2.45) is 0 Å². The van der Waals surface area contributed by atoms with Gasteiger partial charge in [-0.05, 0) is 49.1 Å². The van der Waals surface area contributed by atoms with E-state index in [9.17, 15) is 14.0 Å². The number of carbonyl (C=O) groups excluding carboxylic acids is 2. The van der Waals surface area contributed by atoms with Crippen molar-refractivity contribution in [3.05, 3.63) is 71.0 Å². The summed E-state index contributed by atoms with van der Waals surface area (Å²) < 4.78 is 20.5. The molecule has 0 N–H and O–H groups in total. The molecule has 3 aromatic heterocycles. The third kappa shape index (κ3) is 4.93. The van der Waals surface area contributed by atoms with Crippen LogP contribution in [0.2, 0.25) is 0 Å². The molecule has 0 aliphatic rings. The predicted octanol–water partition coefficient (Wildman–Crippen LogP) is 4.70. The van der Waals surface area contributed by atoms with Crippen LogP contribution in [0.1, 0.15) is 35.8 Å².